The van der Waals surface area contributed by atoms with Crippen LogP contribution in [-0.2, 0) is 9.59 Å². The Balaban J connectivity index is 1.99. The SMILES string of the molecule is C=C(C)CN1CCC2(CC1)NC(=O)N(CCC(=O)O)C2=O. The molecule has 2 N–H and O–H groups in total. The van der Waals surface area contributed by atoms with Crippen molar-refractivity contribution in [1.82, 2.24) is 15.1 Å². The van der Waals surface area contributed by atoms with Crippen molar-refractivity contribution in [2.75, 3.05) is 26.2 Å². The number of urea groups is 1. The van der Waals surface area contributed by atoms with E-state index in [2.05, 4.69) is 16.8 Å². The molecule has 21 heavy (non-hydrogen) atoms. The number of rotatable bonds is 5. The number of hydrogen-bond donors (Lipinski definition) is 2. The van der Waals surface area contributed by atoms with Gasteiger partial charge >= 0.3 is 12.0 Å². The monoisotopic (exact) mass is 295 g/mol. The van der Waals surface area contributed by atoms with E-state index in [-0.39, 0.29) is 18.9 Å². The number of carbonyl (C=O) groups excluding carboxylic acids is 2. The summed E-state index contributed by atoms with van der Waals surface area (Å²) in [5.41, 5.74) is 0.220. The number of nitrogens with zero attached hydrogens (tertiary/aromatic N) is 2. The molecule has 0 radical (unpaired) electrons. The summed E-state index contributed by atoms with van der Waals surface area (Å²) >= 11 is 0. The second kappa shape index (κ2) is 5.85. The molecule has 2 aliphatic heterocycles. The van der Waals surface area contributed by atoms with Crippen LogP contribution in [0.1, 0.15) is 26.2 Å². The summed E-state index contributed by atoms with van der Waals surface area (Å²) in [6.45, 7) is 7.98. The van der Waals surface area contributed by atoms with E-state index < -0.39 is 17.5 Å². The Morgan fingerprint density at radius 2 is 2.00 bits per heavy atom. The lowest BCUT2D eigenvalue weighted by molar-refractivity contribution is -0.138. The van der Waals surface area contributed by atoms with Gasteiger partial charge in [0.05, 0.1) is 6.42 Å². The third-order valence-electron chi connectivity index (χ3n) is 4.00. The summed E-state index contributed by atoms with van der Waals surface area (Å²) in [5.74, 6) is -1.31. The van der Waals surface area contributed by atoms with Gasteiger partial charge in [0, 0.05) is 26.2 Å². The van der Waals surface area contributed by atoms with Gasteiger partial charge in [-0.3, -0.25) is 19.4 Å². The summed E-state index contributed by atoms with van der Waals surface area (Å²) < 4.78 is 0. The topological polar surface area (TPSA) is 90.0 Å². The predicted octanol–water partition coefficient (Wildman–Crippen LogP) is 0.424. The first-order valence-electron chi connectivity index (χ1n) is 7.07. The third kappa shape index (κ3) is 3.24. The van der Waals surface area contributed by atoms with Crippen molar-refractivity contribution in [3.05, 3.63) is 12.2 Å². The molecule has 2 aliphatic rings. The minimum atomic E-state index is -1.02. The van der Waals surface area contributed by atoms with E-state index in [4.69, 9.17) is 5.11 Å². The van der Waals surface area contributed by atoms with Gasteiger partial charge in [0.25, 0.3) is 5.91 Å². The van der Waals surface area contributed by atoms with Gasteiger partial charge in [0.15, 0.2) is 0 Å². The molecule has 7 nitrogen and oxygen atoms in total. The van der Waals surface area contributed by atoms with Gasteiger partial charge in [-0.15, -0.1) is 0 Å². The van der Waals surface area contributed by atoms with Crippen LogP contribution in [0.5, 0.6) is 0 Å². The molecule has 0 saturated carbocycles. The first kappa shape index (κ1) is 15.5. The minimum Gasteiger partial charge on any atom is -0.481 e. The number of nitrogens with one attached hydrogen (secondary N) is 1. The first-order valence-corrected chi connectivity index (χ1v) is 7.07. The molecule has 0 unspecified atom stereocenters. The van der Waals surface area contributed by atoms with Gasteiger partial charge in [-0.1, -0.05) is 12.2 Å². The van der Waals surface area contributed by atoms with Crippen LogP contribution in [0.2, 0.25) is 0 Å². The zero-order valence-electron chi connectivity index (χ0n) is 12.2. The number of likely N-dealkylation sites (tertiary alicyclic amines) is 1. The fourth-order valence-corrected chi connectivity index (χ4v) is 2.90. The molecule has 0 aromatic carbocycles. The predicted molar refractivity (Wildman–Crippen MR) is 75.7 cm³/mol. The van der Waals surface area contributed by atoms with Crippen molar-refractivity contribution < 1.29 is 19.5 Å². The number of amides is 3. The maximum absolute atomic E-state index is 12.4. The van der Waals surface area contributed by atoms with Crippen molar-refractivity contribution in [3.63, 3.8) is 0 Å². The van der Waals surface area contributed by atoms with E-state index in [9.17, 15) is 14.4 Å². The maximum atomic E-state index is 12.4. The van der Waals surface area contributed by atoms with Gasteiger partial charge in [-0.25, -0.2) is 4.79 Å². The molecular weight excluding hydrogens is 274 g/mol. The zero-order chi connectivity index (χ0) is 15.6. The first-order chi connectivity index (χ1) is 9.84. The molecule has 0 aromatic heterocycles. The van der Waals surface area contributed by atoms with Crippen LogP contribution in [-0.4, -0.2) is 64.5 Å². The van der Waals surface area contributed by atoms with Crippen LogP contribution < -0.4 is 5.32 Å². The van der Waals surface area contributed by atoms with E-state index in [0.29, 0.717) is 25.9 Å². The Morgan fingerprint density at radius 1 is 1.38 bits per heavy atom. The average molecular weight is 295 g/mol. The van der Waals surface area contributed by atoms with E-state index >= 15 is 0 Å². The Bertz CT molecular complexity index is 481. The molecule has 2 fully saturated rings. The molecule has 2 heterocycles. The van der Waals surface area contributed by atoms with E-state index in [1.165, 1.54) is 0 Å². The minimum absolute atomic E-state index is 0.0722. The number of aliphatic carboxylic acids is 1. The highest BCUT2D eigenvalue weighted by Crippen LogP contribution is 2.29. The van der Waals surface area contributed by atoms with Gasteiger partial charge in [0.1, 0.15) is 5.54 Å². The second-order valence-corrected chi connectivity index (χ2v) is 5.85. The number of carboxylic acid groups (broad SMARTS) is 1. The normalized spacial score (nSPS) is 21.7. The molecule has 7 heteroatoms. The van der Waals surface area contributed by atoms with Crippen LogP contribution >= 0.6 is 0 Å². The summed E-state index contributed by atoms with van der Waals surface area (Å²) in [6, 6.07) is -0.477. The lowest BCUT2D eigenvalue weighted by atomic mass is 9.87. The molecule has 0 aliphatic carbocycles. The molecule has 116 valence electrons. The number of carbonyl (C=O) groups is 3. The van der Waals surface area contributed by atoms with E-state index in [0.717, 1.165) is 17.0 Å². The lowest BCUT2D eigenvalue weighted by Crippen LogP contribution is -2.55. The van der Waals surface area contributed by atoms with Gasteiger partial charge in [0.2, 0.25) is 0 Å². The van der Waals surface area contributed by atoms with Crippen LogP contribution in [0.3, 0.4) is 0 Å². The number of hydrogen-bond acceptors (Lipinski definition) is 4. The largest absolute Gasteiger partial charge is 0.481 e. The summed E-state index contributed by atoms with van der Waals surface area (Å²) in [5, 5.41) is 11.4. The Hall–Kier alpha value is -1.89. The smallest absolute Gasteiger partial charge is 0.325 e. The molecule has 0 aromatic rings. The molecule has 1 spiro atoms. The summed E-state index contributed by atoms with van der Waals surface area (Å²) in [7, 11) is 0. The van der Waals surface area contributed by atoms with Crippen LogP contribution in [0.25, 0.3) is 0 Å². The third-order valence-corrected chi connectivity index (χ3v) is 4.00. The lowest BCUT2D eigenvalue weighted by Gasteiger charge is -2.37. The Kier molecular flexibility index (Phi) is 4.32. The number of carboxylic acids is 1. The molecule has 0 atom stereocenters. The average Bonchev–Trinajstić information content (AvgIpc) is 2.62. The van der Waals surface area contributed by atoms with Crippen molar-refractivity contribution in [1.29, 1.82) is 0 Å². The fraction of sp³-hybridized carbons (Fsp3) is 0.643. The molecule has 0 bridgehead atoms. The molecule has 2 saturated heterocycles. The van der Waals surface area contributed by atoms with Crippen LogP contribution in [0, 0.1) is 0 Å². The molecule has 3 amide bonds. The highest BCUT2D eigenvalue weighted by atomic mass is 16.4. The fourth-order valence-electron chi connectivity index (χ4n) is 2.90. The number of imide groups is 1. The quantitative estimate of drug-likeness (QED) is 0.567. The van der Waals surface area contributed by atoms with Crippen molar-refractivity contribution >= 4 is 17.9 Å². The Labute approximate surface area is 123 Å². The highest BCUT2D eigenvalue weighted by molar-refractivity contribution is 6.07. The standard InChI is InChI=1S/C14H21N3O4/c1-10(2)9-16-7-4-14(5-8-16)12(20)17(13(21)15-14)6-3-11(18)19/h1,3-9H2,2H3,(H,15,21)(H,18,19). The van der Waals surface area contributed by atoms with Gasteiger partial charge in [-0.05, 0) is 19.8 Å². The Morgan fingerprint density at radius 3 is 2.52 bits per heavy atom. The molecule has 2 rings (SSSR count). The summed E-state index contributed by atoms with van der Waals surface area (Å²) in [6.07, 6.45) is 0.875. The summed E-state index contributed by atoms with van der Waals surface area (Å²) in [4.78, 5) is 38.2. The zero-order valence-corrected chi connectivity index (χ0v) is 12.2. The van der Waals surface area contributed by atoms with Gasteiger partial charge in [-0.2, -0.15) is 0 Å². The second-order valence-electron chi connectivity index (χ2n) is 5.85. The van der Waals surface area contributed by atoms with Crippen molar-refractivity contribution in [2.45, 2.75) is 31.7 Å². The number of piperidine rings is 1. The van der Waals surface area contributed by atoms with E-state index in [1.807, 2.05) is 6.92 Å². The van der Waals surface area contributed by atoms with Crippen LogP contribution in [0.4, 0.5) is 4.79 Å². The van der Waals surface area contributed by atoms with Crippen LogP contribution in [0.15, 0.2) is 12.2 Å². The van der Waals surface area contributed by atoms with Crippen molar-refractivity contribution in [2.24, 2.45) is 0 Å². The maximum Gasteiger partial charge on any atom is 0.325 e. The van der Waals surface area contributed by atoms with E-state index in [1.54, 1.807) is 0 Å². The van der Waals surface area contributed by atoms with Crippen molar-refractivity contribution in [3.8, 4) is 0 Å². The van der Waals surface area contributed by atoms with Gasteiger partial charge < -0.3 is 10.4 Å². The molecular formula is C14H21N3O4. The highest BCUT2D eigenvalue weighted by Gasteiger charge is 2.52.